The Balaban J connectivity index is 2.23. The Labute approximate surface area is 149 Å². The Morgan fingerprint density at radius 3 is 2.04 bits per heavy atom. The zero-order valence-corrected chi connectivity index (χ0v) is 14.8. The summed E-state index contributed by atoms with van der Waals surface area (Å²) in [6.07, 6.45) is 6.25. The number of carbonyl (C=O) groups is 1. The highest BCUT2D eigenvalue weighted by Crippen LogP contribution is 2.34. The predicted octanol–water partition coefficient (Wildman–Crippen LogP) is 6.07. The molecule has 2 heteroatoms. The number of fused-ring (bicyclic) bond motifs is 2. The van der Waals surface area contributed by atoms with Gasteiger partial charge in [0, 0.05) is 0 Å². The molecular formula is C23H24O2. The smallest absolute Gasteiger partial charge is 0.339 e. The van der Waals surface area contributed by atoms with Crippen LogP contribution in [0.15, 0.2) is 61.2 Å². The maximum absolute atomic E-state index is 12.6. The Kier molecular flexibility index (Phi) is 5.49. The first-order chi connectivity index (χ1) is 12.3. The summed E-state index contributed by atoms with van der Waals surface area (Å²) in [5, 5.41) is 4.28. The van der Waals surface area contributed by atoms with Gasteiger partial charge in [-0.2, -0.15) is 0 Å². The number of carbonyl (C=O) groups excluding carboxylic acids is 1. The van der Waals surface area contributed by atoms with Crippen LogP contribution in [0.3, 0.4) is 0 Å². The Morgan fingerprint density at radius 1 is 0.960 bits per heavy atom. The van der Waals surface area contributed by atoms with E-state index in [0.29, 0.717) is 12.2 Å². The fraction of sp³-hybridized carbons (Fsp3) is 0.261. The summed E-state index contributed by atoms with van der Waals surface area (Å²) in [6, 6.07) is 16.4. The molecule has 0 unspecified atom stereocenters. The zero-order chi connectivity index (χ0) is 17.6. The third-order valence-electron chi connectivity index (χ3n) is 4.61. The molecule has 3 aromatic rings. The van der Waals surface area contributed by atoms with Gasteiger partial charge in [-0.3, -0.25) is 0 Å². The third-order valence-corrected chi connectivity index (χ3v) is 4.61. The van der Waals surface area contributed by atoms with Gasteiger partial charge in [0.15, 0.2) is 0 Å². The van der Waals surface area contributed by atoms with Crippen LogP contribution in [0.5, 0.6) is 0 Å². The average Bonchev–Trinajstić information content (AvgIpc) is 2.64. The van der Waals surface area contributed by atoms with Gasteiger partial charge in [0.1, 0.15) is 0 Å². The lowest BCUT2D eigenvalue weighted by atomic mass is 9.89. The number of allylic oxidation sites excluding steroid dienone is 1. The lowest BCUT2D eigenvalue weighted by Gasteiger charge is -2.16. The fourth-order valence-corrected chi connectivity index (χ4v) is 3.50. The van der Waals surface area contributed by atoms with Crippen LogP contribution < -0.4 is 0 Å². The third kappa shape index (κ3) is 3.43. The van der Waals surface area contributed by atoms with Crippen molar-refractivity contribution in [1.29, 1.82) is 0 Å². The molecular weight excluding hydrogens is 308 g/mol. The summed E-state index contributed by atoms with van der Waals surface area (Å²) >= 11 is 0. The highest BCUT2D eigenvalue weighted by atomic mass is 16.5. The van der Waals surface area contributed by atoms with E-state index in [2.05, 4.69) is 18.7 Å². The van der Waals surface area contributed by atoms with Crippen molar-refractivity contribution >= 4 is 27.5 Å². The number of esters is 1. The molecule has 0 aliphatic heterocycles. The number of hydrogen-bond donors (Lipinski definition) is 0. The number of rotatable bonds is 7. The second-order valence-corrected chi connectivity index (χ2v) is 6.20. The molecule has 2 nitrogen and oxygen atoms in total. The van der Waals surface area contributed by atoms with Crippen LogP contribution in [0.25, 0.3) is 21.5 Å². The van der Waals surface area contributed by atoms with E-state index < -0.39 is 0 Å². The molecule has 0 saturated heterocycles. The molecule has 0 saturated carbocycles. The lowest BCUT2D eigenvalue weighted by Crippen LogP contribution is -2.07. The summed E-state index contributed by atoms with van der Waals surface area (Å²) in [5.74, 6) is -0.242. The Hall–Kier alpha value is -2.61. The Bertz CT molecular complexity index is 852. The summed E-state index contributed by atoms with van der Waals surface area (Å²) in [4.78, 5) is 12.6. The van der Waals surface area contributed by atoms with Crippen LogP contribution in [-0.2, 0) is 11.2 Å². The molecule has 0 aromatic heterocycles. The SMILES string of the molecule is C=CCCCCc1c2ccccc2c(C(=O)OCC)c2ccccc12. The molecule has 0 radical (unpaired) electrons. The molecule has 128 valence electrons. The van der Waals surface area contributed by atoms with Crippen molar-refractivity contribution in [3.05, 3.63) is 72.3 Å². The molecule has 0 aliphatic carbocycles. The van der Waals surface area contributed by atoms with Crippen LogP contribution in [0.1, 0.15) is 42.1 Å². The number of benzene rings is 3. The minimum atomic E-state index is -0.242. The standard InChI is InChI=1S/C23H24O2/c1-3-5-6-7-12-17-18-13-8-10-15-20(18)22(23(24)25-4-2)21-16-11-9-14-19(17)21/h3,8-11,13-16H,1,4-7,12H2,2H3. The van der Waals surface area contributed by atoms with Gasteiger partial charge in [-0.25, -0.2) is 4.79 Å². The van der Waals surface area contributed by atoms with Crippen LogP contribution in [0.2, 0.25) is 0 Å². The number of unbranched alkanes of at least 4 members (excludes halogenated alkanes) is 2. The van der Waals surface area contributed by atoms with Crippen molar-refractivity contribution in [1.82, 2.24) is 0 Å². The van der Waals surface area contributed by atoms with Crippen LogP contribution in [0, 0.1) is 0 Å². The van der Waals surface area contributed by atoms with Gasteiger partial charge in [-0.05, 0) is 59.7 Å². The molecule has 0 spiro atoms. The number of ether oxygens (including phenoxy) is 1. The van der Waals surface area contributed by atoms with Gasteiger partial charge >= 0.3 is 5.97 Å². The van der Waals surface area contributed by atoms with Gasteiger partial charge in [0.25, 0.3) is 0 Å². The van der Waals surface area contributed by atoms with Crippen LogP contribution in [0.4, 0.5) is 0 Å². The van der Waals surface area contributed by atoms with Crippen molar-refractivity contribution in [2.75, 3.05) is 6.61 Å². The number of aryl methyl sites for hydroxylation is 1. The fourth-order valence-electron chi connectivity index (χ4n) is 3.50. The van der Waals surface area contributed by atoms with E-state index in [0.717, 1.165) is 47.2 Å². The van der Waals surface area contributed by atoms with E-state index in [4.69, 9.17) is 4.74 Å². The highest BCUT2D eigenvalue weighted by molar-refractivity contribution is 6.18. The first-order valence-electron chi connectivity index (χ1n) is 8.98. The highest BCUT2D eigenvalue weighted by Gasteiger charge is 2.19. The molecule has 0 fully saturated rings. The van der Waals surface area contributed by atoms with Crippen molar-refractivity contribution in [3.63, 3.8) is 0 Å². The molecule has 25 heavy (non-hydrogen) atoms. The first-order valence-corrected chi connectivity index (χ1v) is 8.98. The first kappa shape index (κ1) is 17.2. The normalized spacial score (nSPS) is 10.9. The largest absolute Gasteiger partial charge is 0.462 e. The molecule has 0 heterocycles. The van der Waals surface area contributed by atoms with E-state index in [1.807, 2.05) is 49.4 Å². The maximum atomic E-state index is 12.6. The van der Waals surface area contributed by atoms with Gasteiger partial charge in [0.2, 0.25) is 0 Å². The molecule has 0 atom stereocenters. The van der Waals surface area contributed by atoms with Crippen LogP contribution in [-0.4, -0.2) is 12.6 Å². The van der Waals surface area contributed by atoms with E-state index in [1.54, 1.807) is 0 Å². The zero-order valence-electron chi connectivity index (χ0n) is 14.8. The summed E-state index contributed by atoms with van der Waals surface area (Å²) in [5.41, 5.74) is 2.01. The molecule has 0 amide bonds. The summed E-state index contributed by atoms with van der Waals surface area (Å²) in [6.45, 7) is 6.03. The molecule has 0 N–H and O–H groups in total. The van der Waals surface area contributed by atoms with Crippen LogP contribution >= 0.6 is 0 Å². The maximum Gasteiger partial charge on any atom is 0.339 e. The molecule has 3 aromatic carbocycles. The quantitative estimate of drug-likeness (QED) is 0.227. The monoisotopic (exact) mass is 332 g/mol. The van der Waals surface area contributed by atoms with Crippen molar-refractivity contribution in [3.8, 4) is 0 Å². The van der Waals surface area contributed by atoms with Gasteiger partial charge in [-0.15, -0.1) is 6.58 Å². The van der Waals surface area contributed by atoms with Gasteiger partial charge < -0.3 is 4.74 Å². The van der Waals surface area contributed by atoms with E-state index in [1.165, 1.54) is 5.56 Å². The van der Waals surface area contributed by atoms with Crippen molar-refractivity contribution < 1.29 is 9.53 Å². The minimum Gasteiger partial charge on any atom is -0.462 e. The van der Waals surface area contributed by atoms with E-state index >= 15 is 0 Å². The lowest BCUT2D eigenvalue weighted by molar-refractivity contribution is 0.0531. The Morgan fingerprint density at radius 2 is 1.52 bits per heavy atom. The van der Waals surface area contributed by atoms with Gasteiger partial charge in [0.05, 0.1) is 12.2 Å². The van der Waals surface area contributed by atoms with Gasteiger partial charge in [-0.1, -0.05) is 54.6 Å². The number of hydrogen-bond acceptors (Lipinski definition) is 2. The second kappa shape index (κ2) is 7.98. The molecule has 3 rings (SSSR count). The molecule has 0 aliphatic rings. The van der Waals surface area contributed by atoms with Crippen molar-refractivity contribution in [2.45, 2.75) is 32.6 Å². The summed E-state index contributed by atoms with van der Waals surface area (Å²) < 4.78 is 5.35. The van der Waals surface area contributed by atoms with Crippen molar-refractivity contribution in [2.24, 2.45) is 0 Å². The predicted molar refractivity (Wildman–Crippen MR) is 105 cm³/mol. The topological polar surface area (TPSA) is 26.3 Å². The molecule has 0 bridgehead atoms. The minimum absolute atomic E-state index is 0.242. The van der Waals surface area contributed by atoms with E-state index in [9.17, 15) is 4.79 Å². The average molecular weight is 332 g/mol. The summed E-state index contributed by atoms with van der Waals surface area (Å²) in [7, 11) is 0. The van der Waals surface area contributed by atoms with E-state index in [-0.39, 0.29) is 5.97 Å². The second-order valence-electron chi connectivity index (χ2n) is 6.20.